The van der Waals surface area contributed by atoms with Gasteiger partial charge in [0.25, 0.3) is 0 Å². The first-order valence-electron chi connectivity index (χ1n) is 6.98. The Morgan fingerprint density at radius 2 is 2.00 bits per heavy atom. The molecule has 1 N–H and O–H groups in total. The molecule has 96 valence electrons. The maximum atomic E-state index is 10.2. The SMILES string of the molecule is CC.CCC1CCc2c(C)cccc2C(O)C1. The summed E-state index contributed by atoms with van der Waals surface area (Å²) in [5.41, 5.74) is 3.90. The monoisotopic (exact) mass is 234 g/mol. The Morgan fingerprint density at radius 1 is 1.29 bits per heavy atom. The minimum atomic E-state index is -0.243. The molecule has 1 aliphatic carbocycles. The first kappa shape index (κ1) is 14.2. The van der Waals surface area contributed by atoms with E-state index < -0.39 is 0 Å². The molecule has 0 spiro atoms. The average Bonchev–Trinajstić information content (AvgIpc) is 2.53. The Hall–Kier alpha value is -0.820. The molecule has 1 heteroatoms. The van der Waals surface area contributed by atoms with Gasteiger partial charge >= 0.3 is 0 Å². The second-order valence-corrected chi connectivity index (χ2v) is 4.71. The molecule has 2 atom stereocenters. The maximum Gasteiger partial charge on any atom is 0.0795 e. The van der Waals surface area contributed by atoms with Crippen LogP contribution in [0, 0.1) is 12.8 Å². The molecule has 0 radical (unpaired) electrons. The van der Waals surface area contributed by atoms with E-state index in [1.54, 1.807) is 0 Å². The van der Waals surface area contributed by atoms with Gasteiger partial charge in [0.1, 0.15) is 0 Å². The van der Waals surface area contributed by atoms with Crippen LogP contribution in [0.1, 0.15) is 62.8 Å². The summed E-state index contributed by atoms with van der Waals surface area (Å²) < 4.78 is 0. The van der Waals surface area contributed by atoms with E-state index >= 15 is 0 Å². The number of hydrogen-bond donors (Lipinski definition) is 1. The van der Waals surface area contributed by atoms with Crippen LogP contribution in [0.25, 0.3) is 0 Å². The van der Waals surface area contributed by atoms with Gasteiger partial charge in [-0.3, -0.25) is 0 Å². The predicted molar refractivity (Wildman–Crippen MR) is 74.2 cm³/mol. The summed E-state index contributed by atoms with van der Waals surface area (Å²) in [5, 5.41) is 10.2. The summed E-state index contributed by atoms with van der Waals surface area (Å²) in [7, 11) is 0. The molecule has 0 heterocycles. The fourth-order valence-electron chi connectivity index (χ4n) is 2.66. The topological polar surface area (TPSA) is 20.2 Å². The molecule has 2 rings (SSSR count). The molecular weight excluding hydrogens is 208 g/mol. The molecule has 0 saturated heterocycles. The van der Waals surface area contributed by atoms with Gasteiger partial charge < -0.3 is 5.11 Å². The van der Waals surface area contributed by atoms with Crippen LogP contribution >= 0.6 is 0 Å². The van der Waals surface area contributed by atoms with Gasteiger partial charge in [-0.15, -0.1) is 0 Å². The van der Waals surface area contributed by atoms with Gasteiger partial charge in [0.05, 0.1) is 6.10 Å². The first-order valence-corrected chi connectivity index (χ1v) is 6.98. The van der Waals surface area contributed by atoms with Crippen molar-refractivity contribution >= 4 is 0 Å². The van der Waals surface area contributed by atoms with Crippen LogP contribution in [0.2, 0.25) is 0 Å². The number of hydrogen-bond acceptors (Lipinski definition) is 1. The zero-order valence-corrected chi connectivity index (χ0v) is 11.7. The van der Waals surface area contributed by atoms with Crippen LogP contribution in [-0.2, 0) is 6.42 Å². The zero-order valence-electron chi connectivity index (χ0n) is 11.7. The van der Waals surface area contributed by atoms with Crippen LogP contribution in [0.15, 0.2) is 18.2 Å². The highest BCUT2D eigenvalue weighted by Gasteiger charge is 2.22. The highest BCUT2D eigenvalue weighted by atomic mass is 16.3. The Bertz CT molecular complexity index is 343. The minimum absolute atomic E-state index is 0.243. The second kappa shape index (κ2) is 6.80. The van der Waals surface area contributed by atoms with Crippen LogP contribution in [-0.4, -0.2) is 5.11 Å². The third-order valence-corrected chi connectivity index (χ3v) is 3.74. The molecule has 17 heavy (non-hydrogen) atoms. The smallest absolute Gasteiger partial charge is 0.0795 e. The minimum Gasteiger partial charge on any atom is -0.388 e. The number of benzene rings is 1. The van der Waals surface area contributed by atoms with E-state index in [-0.39, 0.29) is 6.10 Å². The number of aryl methyl sites for hydroxylation is 1. The number of aliphatic hydroxyl groups is 1. The zero-order chi connectivity index (χ0) is 12.8. The van der Waals surface area contributed by atoms with Gasteiger partial charge in [0, 0.05) is 0 Å². The maximum absolute atomic E-state index is 10.2. The Labute approximate surface area is 106 Å². The molecule has 1 aromatic carbocycles. The van der Waals surface area contributed by atoms with Gasteiger partial charge in [-0.1, -0.05) is 45.4 Å². The summed E-state index contributed by atoms with van der Waals surface area (Å²) in [6.45, 7) is 8.37. The summed E-state index contributed by atoms with van der Waals surface area (Å²) in [6, 6.07) is 6.30. The summed E-state index contributed by atoms with van der Waals surface area (Å²) >= 11 is 0. The lowest BCUT2D eigenvalue weighted by Gasteiger charge is -2.15. The Kier molecular flexibility index (Phi) is 5.70. The van der Waals surface area contributed by atoms with Gasteiger partial charge in [0.15, 0.2) is 0 Å². The molecular formula is C16H26O. The normalized spacial score (nSPS) is 23.1. The van der Waals surface area contributed by atoms with Crippen molar-refractivity contribution in [1.29, 1.82) is 0 Å². The Morgan fingerprint density at radius 3 is 2.65 bits per heavy atom. The van der Waals surface area contributed by atoms with Gasteiger partial charge in [0.2, 0.25) is 0 Å². The number of fused-ring (bicyclic) bond motifs is 1. The van der Waals surface area contributed by atoms with Gasteiger partial charge in [-0.2, -0.15) is 0 Å². The summed E-state index contributed by atoms with van der Waals surface area (Å²) in [6.07, 6.45) is 4.24. The third-order valence-electron chi connectivity index (χ3n) is 3.74. The molecule has 0 amide bonds. The lowest BCUT2D eigenvalue weighted by Crippen LogP contribution is -2.03. The molecule has 2 unspecified atom stereocenters. The van der Waals surface area contributed by atoms with Gasteiger partial charge in [-0.05, 0) is 48.8 Å². The van der Waals surface area contributed by atoms with Crippen molar-refractivity contribution in [1.82, 2.24) is 0 Å². The van der Waals surface area contributed by atoms with Gasteiger partial charge in [-0.25, -0.2) is 0 Å². The van der Waals surface area contributed by atoms with Crippen molar-refractivity contribution < 1.29 is 5.11 Å². The standard InChI is InChI=1S/C14H20O.C2H6/c1-3-11-7-8-12-10(2)5-4-6-13(12)14(15)9-11;1-2/h4-6,11,14-15H,3,7-9H2,1-2H3;1-2H3. The predicted octanol–water partition coefficient (Wildman–Crippen LogP) is 4.42. The van der Waals surface area contributed by atoms with E-state index in [0.717, 1.165) is 12.8 Å². The first-order chi connectivity index (χ1) is 8.22. The van der Waals surface area contributed by atoms with Crippen molar-refractivity contribution in [2.45, 2.75) is 59.5 Å². The van der Waals surface area contributed by atoms with Crippen LogP contribution in [0.4, 0.5) is 0 Å². The van der Waals surface area contributed by atoms with Crippen LogP contribution < -0.4 is 0 Å². The lowest BCUT2D eigenvalue weighted by molar-refractivity contribution is 0.145. The lowest BCUT2D eigenvalue weighted by atomic mass is 9.96. The molecule has 1 nitrogen and oxygen atoms in total. The molecule has 0 fully saturated rings. The van der Waals surface area contributed by atoms with E-state index in [4.69, 9.17) is 0 Å². The number of aliphatic hydroxyl groups excluding tert-OH is 1. The quantitative estimate of drug-likeness (QED) is 0.713. The summed E-state index contributed by atoms with van der Waals surface area (Å²) in [5.74, 6) is 0.687. The van der Waals surface area contributed by atoms with Crippen molar-refractivity contribution in [3.05, 3.63) is 34.9 Å². The Balaban J connectivity index is 0.000000686. The van der Waals surface area contributed by atoms with E-state index in [1.807, 2.05) is 13.8 Å². The largest absolute Gasteiger partial charge is 0.388 e. The highest BCUT2D eigenvalue weighted by Crippen LogP contribution is 2.34. The molecule has 1 aromatic rings. The number of rotatable bonds is 1. The molecule has 0 saturated carbocycles. The molecule has 0 aromatic heterocycles. The van der Waals surface area contributed by atoms with E-state index in [2.05, 4.69) is 32.0 Å². The van der Waals surface area contributed by atoms with E-state index in [0.29, 0.717) is 5.92 Å². The molecule has 0 bridgehead atoms. The van der Waals surface area contributed by atoms with Crippen molar-refractivity contribution in [2.24, 2.45) is 5.92 Å². The second-order valence-electron chi connectivity index (χ2n) is 4.71. The third kappa shape index (κ3) is 3.32. The summed E-state index contributed by atoms with van der Waals surface area (Å²) in [4.78, 5) is 0. The molecule has 1 aliphatic rings. The van der Waals surface area contributed by atoms with E-state index in [9.17, 15) is 5.11 Å². The van der Waals surface area contributed by atoms with Crippen LogP contribution in [0.3, 0.4) is 0 Å². The highest BCUT2D eigenvalue weighted by molar-refractivity contribution is 5.36. The van der Waals surface area contributed by atoms with Crippen molar-refractivity contribution in [3.63, 3.8) is 0 Å². The molecule has 0 aliphatic heterocycles. The fraction of sp³-hybridized carbons (Fsp3) is 0.625. The van der Waals surface area contributed by atoms with Crippen molar-refractivity contribution in [3.8, 4) is 0 Å². The van der Waals surface area contributed by atoms with E-state index in [1.165, 1.54) is 29.5 Å². The van der Waals surface area contributed by atoms with Crippen LogP contribution in [0.5, 0.6) is 0 Å². The fourth-order valence-corrected chi connectivity index (χ4v) is 2.66. The average molecular weight is 234 g/mol. The van der Waals surface area contributed by atoms with Crippen molar-refractivity contribution in [2.75, 3.05) is 0 Å².